The van der Waals surface area contributed by atoms with Crippen LogP contribution in [0.4, 0.5) is 11.8 Å². The third-order valence-electron chi connectivity index (χ3n) is 7.79. The highest BCUT2D eigenvalue weighted by atomic mass is 35.5. The summed E-state index contributed by atoms with van der Waals surface area (Å²) in [6.07, 6.45) is 5.15. The van der Waals surface area contributed by atoms with Crippen molar-refractivity contribution < 1.29 is 8.42 Å². The van der Waals surface area contributed by atoms with Crippen molar-refractivity contribution >= 4 is 55.9 Å². The molecular weight excluding hydrogens is 556 g/mol. The van der Waals surface area contributed by atoms with Crippen LogP contribution in [0.15, 0.2) is 71.6 Å². The second-order valence-corrected chi connectivity index (χ2v) is 12.8. The van der Waals surface area contributed by atoms with Crippen molar-refractivity contribution in [2.24, 2.45) is 11.8 Å². The molecule has 0 saturated heterocycles. The lowest BCUT2D eigenvalue weighted by molar-refractivity contribution is 0.284. The minimum Gasteiger partial charge on any atom is -0.369 e. The van der Waals surface area contributed by atoms with Crippen molar-refractivity contribution in [3.05, 3.63) is 66.7 Å². The minimum absolute atomic E-state index is 0. The molecule has 0 atom stereocenters. The highest BCUT2D eigenvalue weighted by Gasteiger charge is 2.24. The summed E-state index contributed by atoms with van der Waals surface area (Å²) in [5.41, 5.74) is 0.928. The van der Waals surface area contributed by atoms with Gasteiger partial charge in [-0.1, -0.05) is 48.5 Å². The number of nitrogens with zero attached hydrogens (tertiary/aromatic N) is 3. The first-order valence-corrected chi connectivity index (χ1v) is 15.7. The molecule has 0 unspecified atom stereocenters. The van der Waals surface area contributed by atoms with Crippen LogP contribution in [0.25, 0.3) is 21.7 Å². The van der Waals surface area contributed by atoms with E-state index >= 15 is 0 Å². The maximum Gasteiger partial charge on any atom is 0.241 e. The smallest absolute Gasteiger partial charge is 0.241 e. The molecule has 41 heavy (non-hydrogen) atoms. The standard InChI is InChI=1S/C31H40N6O2S.ClH/c1-37(2)20-8-19-32-30-27-12-5-6-13-28(27)35-31(36-30)33-21-23-15-17-24(18-16-23)22-34-40(38,39)29-14-7-10-25-9-3-4-11-26(25)29;/h3-7,9-14,23-24,34H,8,15-22H2,1-2H3,(H2,32,33,35,36);1H. The molecule has 4 aromatic rings. The van der Waals surface area contributed by atoms with Gasteiger partial charge in [0.25, 0.3) is 0 Å². The van der Waals surface area contributed by atoms with E-state index in [1.165, 1.54) is 0 Å². The van der Waals surface area contributed by atoms with E-state index in [1.54, 1.807) is 12.1 Å². The van der Waals surface area contributed by atoms with Gasteiger partial charge in [0.15, 0.2) is 0 Å². The van der Waals surface area contributed by atoms with Crippen molar-refractivity contribution in [2.45, 2.75) is 37.0 Å². The molecule has 0 radical (unpaired) electrons. The van der Waals surface area contributed by atoms with Crippen LogP contribution in [0.2, 0.25) is 0 Å². The minimum atomic E-state index is -3.57. The summed E-state index contributed by atoms with van der Waals surface area (Å²) in [7, 11) is 0.599. The second kappa shape index (κ2) is 14.3. The Kier molecular flexibility index (Phi) is 10.8. The molecule has 3 N–H and O–H groups in total. The van der Waals surface area contributed by atoms with Crippen molar-refractivity contribution in [1.82, 2.24) is 19.6 Å². The Hall–Kier alpha value is -2.98. The number of fused-ring (bicyclic) bond motifs is 2. The van der Waals surface area contributed by atoms with E-state index in [9.17, 15) is 8.42 Å². The first-order valence-electron chi connectivity index (χ1n) is 14.3. The van der Waals surface area contributed by atoms with Crippen LogP contribution >= 0.6 is 12.4 Å². The predicted molar refractivity (Wildman–Crippen MR) is 172 cm³/mol. The fraction of sp³-hybridized carbons (Fsp3) is 0.419. The van der Waals surface area contributed by atoms with Crippen molar-refractivity contribution in [1.29, 1.82) is 0 Å². The first kappa shape index (κ1) is 31.0. The van der Waals surface area contributed by atoms with E-state index < -0.39 is 10.0 Å². The van der Waals surface area contributed by atoms with Crippen LogP contribution in [-0.2, 0) is 10.0 Å². The second-order valence-electron chi connectivity index (χ2n) is 11.1. The van der Waals surface area contributed by atoms with E-state index in [-0.39, 0.29) is 12.4 Å². The molecule has 1 aliphatic carbocycles. The highest BCUT2D eigenvalue weighted by molar-refractivity contribution is 7.89. The zero-order chi connectivity index (χ0) is 28.0. The van der Waals surface area contributed by atoms with E-state index in [0.717, 1.165) is 79.2 Å². The van der Waals surface area contributed by atoms with Crippen molar-refractivity contribution in [3.8, 4) is 0 Å². The lowest BCUT2D eigenvalue weighted by atomic mass is 9.82. The van der Waals surface area contributed by atoms with Crippen molar-refractivity contribution in [3.63, 3.8) is 0 Å². The zero-order valence-electron chi connectivity index (χ0n) is 23.8. The van der Waals surface area contributed by atoms with Crippen LogP contribution in [0.1, 0.15) is 32.1 Å². The molecule has 0 bridgehead atoms. The molecule has 220 valence electrons. The fourth-order valence-corrected chi connectivity index (χ4v) is 6.85. The van der Waals surface area contributed by atoms with E-state index in [4.69, 9.17) is 9.97 Å². The summed E-state index contributed by atoms with van der Waals surface area (Å²) in [6, 6.07) is 21.2. The molecule has 5 rings (SSSR count). The Morgan fingerprint density at radius 3 is 2.22 bits per heavy atom. The number of sulfonamides is 1. The van der Waals surface area contributed by atoms with Gasteiger partial charge in [0.1, 0.15) is 5.82 Å². The monoisotopic (exact) mass is 596 g/mol. The average Bonchev–Trinajstić information content (AvgIpc) is 2.97. The van der Waals surface area contributed by atoms with Crippen molar-refractivity contribution in [2.75, 3.05) is 50.9 Å². The van der Waals surface area contributed by atoms with Gasteiger partial charge in [0.05, 0.1) is 10.4 Å². The van der Waals surface area contributed by atoms with Gasteiger partial charge in [-0.25, -0.2) is 18.1 Å². The molecule has 1 aliphatic rings. The highest BCUT2D eigenvalue weighted by Crippen LogP contribution is 2.30. The molecule has 1 aromatic heterocycles. The Bertz CT molecular complexity index is 1540. The van der Waals surface area contributed by atoms with E-state index in [1.807, 2.05) is 48.5 Å². The van der Waals surface area contributed by atoms with Crippen LogP contribution in [-0.4, -0.2) is 63.6 Å². The number of hydrogen-bond donors (Lipinski definition) is 3. The maximum absolute atomic E-state index is 13.1. The molecule has 1 saturated carbocycles. The van der Waals surface area contributed by atoms with Gasteiger partial charge in [0.2, 0.25) is 16.0 Å². The average molecular weight is 597 g/mol. The van der Waals surface area contributed by atoms with Gasteiger partial charge in [-0.3, -0.25) is 0 Å². The summed E-state index contributed by atoms with van der Waals surface area (Å²) in [5.74, 6) is 2.38. The Morgan fingerprint density at radius 1 is 0.805 bits per heavy atom. The summed E-state index contributed by atoms with van der Waals surface area (Å²) >= 11 is 0. The lowest BCUT2D eigenvalue weighted by Gasteiger charge is -2.28. The summed E-state index contributed by atoms with van der Waals surface area (Å²) in [5, 5.41) is 9.71. The number of nitrogens with one attached hydrogen (secondary N) is 3. The van der Waals surface area contributed by atoms with Gasteiger partial charge in [-0.05, 0) is 88.2 Å². The quantitative estimate of drug-likeness (QED) is 0.179. The molecule has 8 nitrogen and oxygen atoms in total. The predicted octanol–water partition coefficient (Wildman–Crippen LogP) is 5.77. The summed E-state index contributed by atoms with van der Waals surface area (Å²) < 4.78 is 29.1. The topological polar surface area (TPSA) is 99.2 Å². The zero-order valence-corrected chi connectivity index (χ0v) is 25.5. The third-order valence-corrected chi connectivity index (χ3v) is 9.28. The molecule has 10 heteroatoms. The van der Waals surface area contributed by atoms with Gasteiger partial charge in [0, 0.05) is 30.4 Å². The number of halogens is 1. The molecule has 0 aliphatic heterocycles. The Balaban J connectivity index is 0.00000387. The van der Waals surface area contributed by atoms with Crippen LogP contribution in [0.3, 0.4) is 0 Å². The third kappa shape index (κ3) is 8.07. The van der Waals surface area contributed by atoms with Gasteiger partial charge in [-0.2, -0.15) is 4.98 Å². The number of aromatic nitrogens is 2. The fourth-order valence-electron chi connectivity index (χ4n) is 5.50. The normalized spacial score (nSPS) is 17.4. The van der Waals surface area contributed by atoms with E-state index in [0.29, 0.717) is 29.2 Å². The molecule has 0 amide bonds. The maximum atomic E-state index is 13.1. The van der Waals surface area contributed by atoms with Crippen LogP contribution < -0.4 is 15.4 Å². The number of benzene rings is 3. The molecular formula is C31H41ClN6O2S. The number of para-hydroxylation sites is 1. The number of anilines is 2. The van der Waals surface area contributed by atoms with Gasteiger partial charge in [-0.15, -0.1) is 12.4 Å². The number of rotatable bonds is 12. The lowest BCUT2D eigenvalue weighted by Crippen LogP contribution is -2.32. The molecule has 1 fully saturated rings. The summed E-state index contributed by atoms with van der Waals surface area (Å²) in [4.78, 5) is 12.1. The Morgan fingerprint density at radius 2 is 1.46 bits per heavy atom. The van der Waals surface area contributed by atoms with E-state index in [2.05, 4.69) is 40.4 Å². The SMILES string of the molecule is CN(C)CCCNc1nc(NCC2CCC(CNS(=O)(=O)c3cccc4ccccc34)CC2)nc2ccccc12.Cl. The van der Waals surface area contributed by atoms with Gasteiger partial charge >= 0.3 is 0 Å². The largest absolute Gasteiger partial charge is 0.369 e. The van der Waals surface area contributed by atoms with Crippen LogP contribution in [0, 0.1) is 11.8 Å². The van der Waals surface area contributed by atoms with Gasteiger partial charge < -0.3 is 15.5 Å². The molecule has 3 aromatic carbocycles. The Labute approximate surface area is 249 Å². The summed E-state index contributed by atoms with van der Waals surface area (Å²) in [6.45, 7) is 3.16. The van der Waals surface area contributed by atoms with Crippen LogP contribution in [0.5, 0.6) is 0 Å². The number of hydrogen-bond acceptors (Lipinski definition) is 7. The first-order chi connectivity index (χ1) is 19.4. The molecule has 1 heterocycles. The molecule has 0 spiro atoms.